The number of para-hydroxylation sites is 1. The molecule has 1 aromatic carbocycles. The lowest BCUT2D eigenvalue weighted by atomic mass is 10.1. The molecule has 1 amide bonds. The van der Waals surface area contributed by atoms with Crippen LogP contribution in [0.1, 0.15) is 23.1 Å². The summed E-state index contributed by atoms with van der Waals surface area (Å²) in [6.45, 7) is 2.33. The van der Waals surface area contributed by atoms with Crippen LogP contribution < -0.4 is 20.4 Å². The smallest absolute Gasteiger partial charge is 0.349 e. The van der Waals surface area contributed by atoms with E-state index in [1.165, 1.54) is 17.7 Å². The summed E-state index contributed by atoms with van der Waals surface area (Å²) in [6, 6.07) is 10.00. The Bertz CT molecular complexity index is 1260. The van der Waals surface area contributed by atoms with Crippen molar-refractivity contribution in [3.05, 3.63) is 58.2 Å². The summed E-state index contributed by atoms with van der Waals surface area (Å²) in [5, 5.41) is 15.5. The molecule has 3 heterocycles. The van der Waals surface area contributed by atoms with Gasteiger partial charge in [-0.15, -0.1) is 15.3 Å². The topological polar surface area (TPSA) is 121 Å². The molecule has 3 aromatic heterocycles. The zero-order valence-corrected chi connectivity index (χ0v) is 15.7. The maximum atomic E-state index is 12.6. The van der Waals surface area contributed by atoms with Crippen molar-refractivity contribution in [1.29, 1.82) is 0 Å². The molecule has 29 heavy (non-hydrogen) atoms. The summed E-state index contributed by atoms with van der Waals surface area (Å²) in [7, 11) is 1.48. The number of aromatic nitrogens is 4. The van der Waals surface area contributed by atoms with Gasteiger partial charge in [0.05, 0.1) is 20.3 Å². The van der Waals surface area contributed by atoms with Crippen molar-refractivity contribution in [2.24, 2.45) is 0 Å². The van der Waals surface area contributed by atoms with Gasteiger partial charge in [-0.3, -0.25) is 4.79 Å². The Morgan fingerprint density at radius 1 is 1.24 bits per heavy atom. The molecule has 0 atom stereocenters. The van der Waals surface area contributed by atoms with Crippen molar-refractivity contribution in [2.45, 2.75) is 13.5 Å². The van der Waals surface area contributed by atoms with E-state index in [1.54, 1.807) is 30.3 Å². The second-order valence-corrected chi connectivity index (χ2v) is 6.00. The molecule has 0 saturated carbocycles. The Hall–Kier alpha value is -3.95. The molecule has 0 bridgehead atoms. The molecule has 0 radical (unpaired) electrons. The van der Waals surface area contributed by atoms with Gasteiger partial charge in [0.25, 0.3) is 5.91 Å². The van der Waals surface area contributed by atoms with Gasteiger partial charge in [0, 0.05) is 11.5 Å². The van der Waals surface area contributed by atoms with Crippen molar-refractivity contribution in [1.82, 2.24) is 25.1 Å². The third-order valence-electron chi connectivity index (χ3n) is 4.19. The van der Waals surface area contributed by atoms with Crippen LogP contribution in [0.4, 0.5) is 0 Å². The van der Waals surface area contributed by atoms with Crippen LogP contribution in [0.3, 0.4) is 0 Å². The number of carbonyl (C=O) groups is 1. The number of fused-ring (bicyclic) bond motifs is 2. The molecular weight excluding hydrogens is 378 g/mol. The predicted octanol–water partition coefficient (Wildman–Crippen LogP) is 1.57. The largest absolute Gasteiger partial charge is 0.493 e. The first-order valence-electron chi connectivity index (χ1n) is 8.84. The van der Waals surface area contributed by atoms with Crippen molar-refractivity contribution in [3.63, 3.8) is 0 Å². The number of nitrogens with zero attached hydrogens (tertiary/aromatic N) is 4. The van der Waals surface area contributed by atoms with Crippen molar-refractivity contribution < 1.29 is 18.7 Å². The van der Waals surface area contributed by atoms with Gasteiger partial charge >= 0.3 is 5.63 Å². The standard InChI is InChI=1S/C19H17N5O5/c1-3-28-16-8-7-14-21-22-15(24(14)23-16)10-20-18(25)12-9-11-5-4-6-13(27-2)17(11)29-19(12)26/h4-9H,3,10H2,1-2H3,(H,20,25). The summed E-state index contributed by atoms with van der Waals surface area (Å²) in [5.74, 6) is 0.622. The second kappa shape index (κ2) is 7.58. The average molecular weight is 395 g/mol. The number of rotatable bonds is 6. The summed E-state index contributed by atoms with van der Waals surface area (Å²) in [6.07, 6.45) is 0. The van der Waals surface area contributed by atoms with Crippen LogP contribution in [0, 0.1) is 0 Å². The number of methoxy groups -OCH3 is 1. The SMILES string of the molecule is CCOc1ccc2nnc(CNC(=O)c3cc4cccc(OC)c4oc3=O)n2n1. The third-order valence-corrected chi connectivity index (χ3v) is 4.19. The van der Waals surface area contributed by atoms with Crippen molar-refractivity contribution >= 4 is 22.5 Å². The fourth-order valence-corrected chi connectivity index (χ4v) is 2.84. The van der Waals surface area contributed by atoms with E-state index in [1.807, 2.05) is 6.92 Å². The van der Waals surface area contributed by atoms with E-state index in [0.29, 0.717) is 35.1 Å². The third kappa shape index (κ3) is 3.47. The van der Waals surface area contributed by atoms with Gasteiger partial charge in [0.1, 0.15) is 5.56 Å². The number of carbonyl (C=O) groups excluding carboxylic acids is 1. The molecule has 0 aliphatic carbocycles. The summed E-state index contributed by atoms with van der Waals surface area (Å²) < 4.78 is 17.3. The minimum atomic E-state index is -0.762. The lowest BCUT2D eigenvalue weighted by Crippen LogP contribution is -2.28. The molecule has 4 aromatic rings. The summed E-state index contributed by atoms with van der Waals surface area (Å²) in [4.78, 5) is 24.8. The van der Waals surface area contributed by atoms with E-state index >= 15 is 0 Å². The van der Waals surface area contributed by atoms with Crippen LogP contribution in [0.2, 0.25) is 0 Å². The minimum absolute atomic E-state index is 0.0121. The quantitative estimate of drug-likeness (QED) is 0.488. The van der Waals surface area contributed by atoms with E-state index in [9.17, 15) is 9.59 Å². The zero-order chi connectivity index (χ0) is 20.4. The van der Waals surface area contributed by atoms with Gasteiger partial charge in [-0.2, -0.15) is 4.52 Å². The molecular formula is C19H17N5O5. The highest BCUT2D eigenvalue weighted by Crippen LogP contribution is 2.24. The molecule has 0 aliphatic rings. The maximum Gasteiger partial charge on any atom is 0.349 e. The Labute approximate surface area is 164 Å². The first-order valence-corrected chi connectivity index (χ1v) is 8.84. The molecule has 0 fully saturated rings. The highest BCUT2D eigenvalue weighted by atomic mass is 16.5. The number of nitrogens with one attached hydrogen (secondary N) is 1. The van der Waals surface area contributed by atoms with Gasteiger partial charge < -0.3 is 19.2 Å². The van der Waals surface area contributed by atoms with E-state index < -0.39 is 11.5 Å². The van der Waals surface area contributed by atoms with Crippen molar-refractivity contribution in [2.75, 3.05) is 13.7 Å². The number of benzene rings is 1. The predicted molar refractivity (Wildman–Crippen MR) is 102 cm³/mol. The van der Waals surface area contributed by atoms with Crippen LogP contribution in [-0.4, -0.2) is 39.4 Å². The highest BCUT2D eigenvalue weighted by molar-refractivity contribution is 5.97. The van der Waals surface area contributed by atoms with Crippen LogP contribution in [0.25, 0.3) is 16.6 Å². The van der Waals surface area contributed by atoms with Crippen molar-refractivity contribution in [3.8, 4) is 11.6 Å². The Balaban J connectivity index is 1.59. The normalized spacial score (nSPS) is 11.0. The summed E-state index contributed by atoms with van der Waals surface area (Å²) >= 11 is 0. The van der Waals surface area contributed by atoms with Crippen LogP contribution in [0.15, 0.2) is 45.6 Å². The fraction of sp³-hybridized carbons (Fsp3) is 0.211. The summed E-state index contributed by atoms with van der Waals surface area (Å²) in [5.41, 5.74) is -0.0902. The van der Waals surface area contributed by atoms with E-state index in [0.717, 1.165) is 0 Å². The lowest BCUT2D eigenvalue weighted by molar-refractivity contribution is 0.0946. The van der Waals surface area contributed by atoms with Gasteiger partial charge in [-0.05, 0) is 25.1 Å². The van der Waals surface area contributed by atoms with Gasteiger partial charge in [-0.1, -0.05) is 12.1 Å². The van der Waals surface area contributed by atoms with Gasteiger partial charge in [0.15, 0.2) is 22.8 Å². The monoisotopic (exact) mass is 395 g/mol. The second-order valence-electron chi connectivity index (χ2n) is 6.00. The maximum absolute atomic E-state index is 12.6. The molecule has 1 N–H and O–H groups in total. The Kier molecular flexibility index (Phi) is 4.82. The van der Waals surface area contributed by atoms with E-state index in [-0.39, 0.29) is 17.7 Å². The Morgan fingerprint density at radius 3 is 2.90 bits per heavy atom. The van der Waals surface area contributed by atoms with Crippen LogP contribution in [0.5, 0.6) is 11.6 Å². The molecule has 10 nitrogen and oxygen atoms in total. The first kappa shape index (κ1) is 18.4. The van der Waals surface area contributed by atoms with E-state index in [4.69, 9.17) is 13.9 Å². The molecule has 4 rings (SSSR count). The molecule has 0 spiro atoms. The number of hydrogen-bond acceptors (Lipinski definition) is 8. The van der Waals surface area contributed by atoms with Crippen LogP contribution >= 0.6 is 0 Å². The molecule has 0 saturated heterocycles. The first-order chi connectivity index (χ1) is 14.1. The number of hydrogen-bond donors (Lipinski definition) is 1. The lowest BCUT2D eigenvalue weighted by Gasteiger charge is -2.07. The number of amides is 1. The number of ether oxygens (including phenoxy) is 2. The molecule has 10 heteroatoms. The molecule has 0 aliphatic heterocycles. The van der Waals surface area contributed by atoms with E-state index in [2.05, 4.69) is 20.6 Å². The van der Waals surface area contributed by atoms with Gasteiger partial charge in [0.2, 0.25) is 5.88 Å². The van der Waals surface area contributed by atoms with Crippen LogP contribution in [-0.2, 0) is 6.54 Å². The van der Waals surface area contributed by atoms with Gasteiger partial charge in [-0.25, -0.2) is 4.79 Å². The Morgan fingerprint density at radius 2 is 2.10 bits per heavy atom. The highest BCUT2D eigenvalue weighted by Gasteiger charge is 2.17. The minimum Gasteiger partial charge on any atom is -0.493 e. The molecule has 0 unspecified atom stereocenters. The molecule has 148 valence electrons. The zero-order valence-electron chi connectivity index (χ0n) is 15.7. The fourth-order valence-electron chi connectivity index (χ4n) is 2.84. The average Bonchev–Trinajstić information content (AvgIpc) is 3.13.